The molecule has 1 aliphatic rings. The highest BCUT2D eigenvalue weighted by molar-refractivity contribution is 5.85. The number of carbonyl (C=O) groups excluding carboxylic acids is 1. The van der Waals surface area contributed by atoms with Crippen LogP contribution in [0.15, 0.2) is 12.3 Å². The molecular weight excluding hydrogens is 234 g/mol. The van der Waals surface area contributed by atoms with Crippen LogP contribution in [0.4, 0.5) is 0 Å². The minimum atomic E-state index is -1.09. The molecule has 0 aliphatic heterocycles. The Morgan fingerprint density at radius 2 is 2.17 bits per heavy atom. The number of aromatic carboxylic acids is 1. The molecule has 6 nitrogen and oxygen atoms in total. The summed E-state index contributed by atoms with van der Waals surface area (Å²) in [4.78, 5) is 22.7. The molecule has 0 saturated heterocycles. The fraction of sp³-hybridized carbons (Fsp3) is 0.583. The van der Waals surface area contributed by atoms with Crippen LogP contribution in [0.1, 0.15) is 49.1 Å². The monoisotopic (exact) mass is 251 g/mol. The van der Waals surface area contributed by atoms with Crippen molar-refractivity contribution >= 4 is 11.9 Å². The Labute approximate surface area is 105 Å². The summed E-state index contributed by atoms with van der Waals surface area (Å²) < 4.78 is 1.38. The van der Waals surface area contributed by atoms with E-state index in [1.807, 2.05) is 0 Å². The van der Waals surface area contributed by atoms with Crippen LogP contribution in [0.2, 0.25) is 0 Å². The van der Waals surface area contributed by atoms with Gasteiger partial charge >= 0.3 is 5.97 Å². The summed E-state index contributed by atoms with van der Waals surface area (Å²) in [5.74, 6) is -1.20. The number of rotatable bonds is 4. The minimum Gasteiger partial charge on any atom is -0.476 e. The van der Waals surface area contributed by atoms with Crippen molar-refractivity contribution in [1.29, 1.82) is 0 Å². The number of hydrogen-bond acceptors (Lipinski definition) is 3. The lowest BCUT2D eigenvalue weighted by Gasteiger charge is -2.16. The first-order valence-corrected chi connectivity index (χ1v) is 6.17. The van der Waals surface area contributed by atoms with E-state index in [1.54, 1.807) is 6.92 Å². The summed E-state index contributed by atoms with van der Waals surface area (Å²) in [7, 11) is 0. The molecule has 1 saturated carbocycles. The van der Waals surface area contributed by atoms with Crippen LogP contribution in [-0.4, -0.2) is 32.8 Å². The molecule has 1 atom stereocenters. The van der Waals surface area contributed by atoms with Crippen molar-refractivity contribution in [3.8, 4) is 0 Å². The molecule has 2 rings (SSSR count). The molecule has 98 valence electrons. The lowest BCUT2D eigenvalue weighted by molar-refractivity contribution is -0.124. The third kappa shape index (κ3) is 2.69. The molecule has 1 heterocycles. The maximum absolute atomic E-state index is 12.0. The van der Waals surface area contributed by atoms with Gasteiger partial charge in [-0.1, -0.05) is 12.8 Å². The van der Waals surface area contributed by atoms with Crippen LogP contribution >= 0.6 is 0 Å². The molecule has 1 unspecified atom stereocenters. The smallest absolute Gasteiger partial charge is 0.356 e. The molecule has 2 N–H and O–H groups in total. The maximum Gasteiger partial charge on any atom is 0.356 e. The van der Waals surface area contributed by atoms with E-state index in [1.165, 1.54) is 16.9 Å². The van der Waals surface area contributed by atoms with Gasteiger partial charge < -0.3 is 10.4 Å². The number of amides is 1. The molecule has 1 amide bonds. The van der Waals surface area contributed by atoms with Crippen molar-refractivity contribution in [2.45, 2.75) is 44.7 Å². The third-order valence-electron chi connectivity index (χ3n) is 3.31. The van der Waals surface area contributed by atoms with E-state index in [0.29, 0.717) is 0 Å². The van der Waals surface area contributed by atoms with E-state index in [9.17, 15) is 9.59 Å². The third-order valence-corrected chi connectivity index (χ3v) is 3.31. The Kier molecular flexibility index (Phi) is 3.64. The Morgan fingerprint density at radius 3 is 2.72 bits per heavy atom. The van der Waals surface area contributed by atoms with E-state index in [0.717, 1.165) is 25.7 Å². The second-order valence-electron chi connectivity index (χ2n) is 4.65. The Morgan fingerprint density at radius 1 is 1.50 bits per heavy atom. The topological polar surface area (TPSA) is 84.2 Å². The molecule has 0 aromatic carbocycles. The lowest BCUT2D eigenvalue weighted by atomic mass is 10.2. The zero-order valence-corrected chi connectivity index (χ0v) is 10.3. The van der Waals surface area contributed by atoms with E-state index >= 15 is 0 Å². The van der Waals surface area contributed by atoms with E-state index in [2.05, 4.69) is 10.4 Å². The van der Waals surface area contributed by atoms with Crippen LogP contribution in [-0.2, 0) is 4.79 Å². The van der Waals surface area contributed by atoms with Crippen LogP contribution in [0.25, 0.3) is 0 Å². The summed E-state index contributed by atoms with van der Waals surface area (Å²) in [5, 5.41) is 15.6. The molecule has 0 bridgehead atoms. The van der Waals surface area contributed by atoms with Crippen molar-refractivity contribution in [3.05, 3.63) is 18.0 Å². The minimum absolute atomic E-state index is 0.0458. The van der Waals surface area contributed by atoms with Crippen molar-refractivity contribution in [2.24, 2.45) is 0 Å². The SMILES string of the molecule is CC(C(=O)NC1CCCC1)n1ccc(C(=O)O)n1. The second kappa shape index (κ2) is 5.20. The Balaban J connectivity index is 1.98. The van der Waals surface area contributed by atoms with Gasteiger partial charge in [-0.05, 0) is 25.8 Å². The van der Waals surface area contributed by atoms with Crippen molar-refractivity contribution in [3.63, 3.8) is 0 Å². The number of carboxylic acids is 1. The second-order valence-corrected chi connectivity index (χ2v) is 4.65. The van der Waals surface area contributed by atoms with E-state index in [4.69, 9.17) is 5.11 Å². The Hall–Kier alpha value is -1.85. The van der Waals surface area contributed by atoms with Gasteiger partial charge in [0.05, 0.1) is 0 Å². The predicted octanol–water partition coefficient (Wildman–Crippen LogP) is 1.20. The predicted molar refractivity (Wildman–Crippen MR) is 64.3 cm³/mol. The van der Waals surface area contributed by atoms with Gasteiger partial charge in [0.2, 0.25) is 5.91 Å². The zero-order chi connectivity index (χ0) is 13.1. The maximum atomic E-state index is 12.0. The van der Waals surface area contributed by atoms with Crippen LogP contribution in [0.5, 0.6) is 0 Å². The molecule has 0 spiro atoms. The molecule has 1 aromatic rings. The highest BCUT2D eigenvalue weighted by atomic mass is 16.4. The number of carbonyl (C=O) groups is 2. The van der Waals surface area contributed by atoms with Gasteiger partial charge in [0.1, 0.15) is 6.04 Å². The highest BCUT2D eigenvalue weighted by Crippen LogP contribution is 2.18. The van der Waals surface area contributed by atoms with Gasteiger partial charge in [-0.15, -0.1) is 0 Å². The highest BCUT2D eigenvalue weighted by Gasteiger charge is 2.22. The first kappa shape index (κ1) is 12.6. The van der Waals surface area contributed by atoms with Crippen LogP contribution in [0, 0.1) is 0 Å². The quantitative estimate of drug-likeness (QED) is 0.842. The van der Waals surface area contributed by atoms with E-state index in [-0.39, 0.29) is 17.6 Å². The molecule has 1 aromatic heterocycles. The number of nitrogens with zero attached hydrogens (tertiary/aromatic N) is 2. The summed E-state index contributed by atoms with van der Waals surface area (Å²) in [6, 6.07) is 1.16. The van der Waals surface area contributed by atoms with Gasteiger partial charge in [-0.25, -0.2) is 4.79 Å². The number of aromatic nitrogens is 2. The molecule has 1 aliphatic carbocycles. The summed E-state index contributed by atoms with van der Waals surface area (Å²) in [5.41, 5.74) is -0.0458. The van der Waals surface area contributed by atoms with Crippen molar-refractivity contribution in [1.82, 2.24) is 15.1 Å². The van der Waals surface area contributed by atoms with Gasteiger partial charge in [0.15, 0.2) is 5.69 Å². The van der Waals surface area contributed by atoms with Crippen LogP contribution in [0.3, 0.4) is 0 Å². The molecular formula is C12H17N3O3. The number of hydrogen-bond donors (Lipinski definition) is 2. The summed E-state index contributed by atoms with van der Waals surface area (Å²) in [6.45, 7) is 1.71. The van der Waals surface area contributed by atoms with E-state index < -0.39 is 12.0 Å². The fourth-order valence-corrected chi connectivity index (χ4v) is 2.18. The molecule has 0 radical (unpaired) electrons. The first-order valence-electron chi connectivity index (χ1n) is 6.17. The fourth-order valence-electron chi connectivity index (χ4n) is 2.18. The Bertz CT molecular complexity index is 449. The summed E-state index contributed by atoms with van der Waals surface area (Å²) in [6.07, 6.45) is 5.88. The molecule has 1 fully saturated rings. The van der Waals surface area contributed by atoms with Gasteiger partial charge in [-0.3, -0.25) is 9.48 Å². The van der Waals surface area contributed by atoms with Gasteiger partial charge in [-0.2, -0.15) is 5.10 Å². The van der Waals surface area contributed by atoms with Gasteiger partial charge in [0, 0.05) is 12.2 Å². The zero-order valence-electron chi connectivity index (χ0n) is 10.3. The normalized spacial score (nSPS) is 17.6. The lowest BCUT2D eigenvalue weighted by Crippen LogP contribution is -2.37. The largest absolute Gasteiger partial charge is 0.476 e. The number of carboxylic acid groups (broad SMARTS) is 1. The van der Waals surface area contributed by atoms with Crippen molar-refractivity contribution in [2.75, 3.05) is 0 Å². The average molecular weight is 251 g/mol. The van der Waals surface area contributed by atoms with Gasteiger partial charge in [0.25, 0.3) is 0 Å². The van der Waals surface area contributed by atoms with Crippen molar-refractivity contribution < 1.29 is 14.7 Å². The standard InChI is InChI=1S/C12H17N3O3/c1-8(11(16)13-9-4-2-3-5-9)15-7-6-10(14-15)12(17)18/h6-9H,2-5H2,1H3,(H,13,16)(H,17,18). The first-order chi connectivity index (χ1) is 8.58. The molecule has 18 heavy (non-hydrogen) atoms. The number of nitrogens with one attached hydrogen (secondary N) is 1. The average Bonchev–Trinajstić information content (AvgIpc) is 2.98. The summed E-state index contributed by atoms with van der Waals surface area (Å²) >= 11 is 0. The van der Waals surface area contributed by atoms with Crippen LogP contribution < -0.4 is 5.32 Å². The molecule has 6 heteroatoms.